The number of benzene rings is 3. The van der Waals surface area contributed by atoms with E-state index in [0.717, 1.165) is 32.1 Å². The fourth-order valence-electron chi connectivity index (χ4n) is 2.38. The van der Waals surface area contributed by atoms with Crippen LogP contribution in [0.25, 0.3) is 10.8 Å². The first kappa shape index (κ1) is 14.4. The molecule has 106 valence electrons. The molecule has 1 nitrogen and oxygen atoms in total. The number of ether oxygens (including phenoxy) is 1. The summed E-state index contributed by atoms with van der Waals surface area (Å²) in [7, 11) is 1.68. The van der Waals surface area contributed by atoms with E-state index in [2.05, 4.69) is 46.3 Å². The fourth-order valence-corrected chi connectivity index (χ4v) is 3.07. The van der Waals surface area contributed by atoms with E-state index in [0.29, 0.717) is 0 Å². The summed E-state index contributed by atoms with van der Waals surface area (Å²) < 4.78 is 6.29. The Balaban J connectivity index is 2.00. The van der Waals surface area contributed by atoms with Gasteiger partial charge >= 0.3 is 0 Å². The van der Waals surface area contributed by atoms with Crippen molar-refractivity contribution in [1.29, 1.82) is 0 Å². The van der Waals surface area contributed by atoms with Crippen molar-refractivity contribution in [3.8, 4) is 5.75 Å². The van der Waals surface area contributed by atoms with Gasteiger partial charge in [-0.3, -0.25) is 0 Å². The summed E-state index contributed by atoms with van der Waals surface area (Å²) in [5.41, 5.74) is 2.17. The summed E-state index contributed by atoms with van der Waals surface area (Å²) in [6.45, 7) is 0. The molecule has 3 aromatic carbocycles. The predicted molar refractivity (Wildman–Crippen MR) is 92.3 cm³/mol. The second kappa shape index (κ2) is 6.08. The van der Waals surface area contributed by atoms with Crippen LogP contribution in [-0.2, 0) is 0 Å². The molecule has 0 bridgehead atoms. The van der Waals surface area contributed by atoms with Crippen LogP contribution in [0.5, 0.6) is 5.75 Å². The Hall–Kier alpha value is -1.51. The zero-order valence-electron chi connectivity index (χ0n) is 11.5. The molecule has 3 aromatic rings. The fraction of sp³-hybridized carbons (Fsp3) is 0.111. The van der Waals surface area contributed by atoms with E-state index in [9.17, 15) is 0 Å². The molecule has 0 amide bonds. The first-order chi connectivity index (χ1) is 10.2. The van der Waals surface area contributed by atoms with E-state index in [4.69, 9.17) is 16.3 Å². The van der Waals surface area contributed by atoms with Gasteiger partial charge in [-0.05, 0) is 52.2 Å². The van der Waals surface area contributed by atoms with Crippen molar-refractivity contribution in [2.75, 3.05) is 7.11 Å². The Morgan fingerprint density at radius 2 is 1.62 bits per heavy atom. The standard InChI is InChI=1S/C18H14BrClO/c1-21-17-8-7-12-9-15(6-5-13(12)11-17)18(20)14-3-2-4-16(19)10-14/h2-11,18H,1H3. The zero-order valence-corrected chi connectivity index (χ0v) is 13.9. The van der Waals surface area contributed by atoms with Crippen molar-refractivity contribution in [2.24, 2.45) is 0 Å². The van der Waals surface area contributed by atoms with Gasteiger partial charge in [-0.15, -0.1) is 11.6 Å². The Morgan fingerprint density at radius 1 is 0.905 bits per heavy atom. The van der Waals surface area contributed by atoms with Crippen molar-refractivity contribution in [2.45, 2.75) is 5.38 Å². The summed E-state index contributed by atoms with van der Waals surface area (Å²) in [4.78, 5) is 0. The highest BCUT2D eigenvalue weighted by molar-refractivity contribution is 9.10. The minimum Gasteiger partial charge on any atom is -0.497 e. The van der Waals surface area contributed by atoms with Crippen molar-refractivity contribution in [3.63, 3.8) is 0 Å². The molecule has 1 atom stereocenters. The minimum absolute atomic E-state index is 0.158. The Kier molecular flexibility index (Phi) is 4.18. The van der Waals surface area contributed by atoms with Crippen molar-refractivity contribution in [1.82, 2.24) is 0 Å². The maximum Gasteiger partial charge on any atom is 0.119 e. The van der Waals surface area contributed by atoms with Gasteiger partial charge in [0.25, 0.3) is 0 Å². The van der Waals surface area contributed by atoms with Crippen LogP contribution in [0.4, 0.5) is 0 Å². The van der Waals surface area contributed by atoms with Crippen LogP contribution < -0.4 is 4.74 Å². The quantitative estimate of drug-likeness (QED) is 0.525. The van der Waals surface area contributed by atoms with E-state index < -0.39 is 0 Å². The molecular weight excluding hydrogens is 348 g/mol. The molecule has 0 saturated carbocycles. The number of hydrogen-bond acceptors (Lipinski definition) is 1. The molecule has 0 spiro atoms. The normalized spacial score (nSPS) is 12.3. The van der Waals surface area contributed by atoms with Gasteiger partial charge in [-0.2, -0.15) is 0 Å². The molecule has 0 aliphatic carbocycles. The van der Waals surface area contributed by atoms with Crippen LogP contribution in [0.2, 0.25) is 0 Å². The lowest BCUT2D eigenvalue weighted by atomic mass is 10.0. The summed E-state index contributed by atoms with van der Waals surface area (Å²) in [6, 6.07) is 20.4. The number of rotatable bonds is 3. The Bertz CT molecular complexity index is 785. The van der Waals surface area contributed by atoms with E-state index >= 15 is 0 Å². The molecule has 21 heavy (non-hydrogen) atoms. The van der Waals surface area contributed by atoms with Crippen molar-refractivity contribution < 1.29 is 4.74 Å². The van der Waals surface area contributed by atoms with Crippen molar-refractivity contribution >= 4 is 38.3 Å². The third-order valence-corrected chi connectivity index (χ3v) is 4.50. The van der Waals surface area contributed by atoms with Crippen LogP contribution >= 0.6 is 27.5 Å². The lowest BCUT2D eigenvalue weighted by Gasteiger charge is -2.12. The average Bonchev–Trinajstić information content (AvgIpc) is 2.53. The Labute approximate surface area is 137 Å². The molecule has 0 saturated heterocycles. The molecule has 0 fully saturated rings. The van der Waals surface area contributed by atoms with Gasteiger partial charge in [0.1, 0.15) is 5.75 Å². The SMILES string of the molecule is COc1ccc2cc(C(Cl)c3cccc(Br)c3)ccc2c1. The highest BCUT2D eigenvalue weighted by atomic mass is 79.9. The molecular formula is C18H14BrClO. The van der Waals surface area contributed by atoms with Crippen LogP contribution in [0.15, 0.2) is 65.1 Å². The van der Waals surface area contributed by atoms with Gasteiger partial charge in [0.2, 0.25) is 0 Å². The molecule has 0 heterocycles. The minimum atomic E-state index is -0.158. The second-order valence-electron chi connectivity index (χ2n) is 4.89. The van der Waals surface area contributed by atoms with Crippen LogP contribution in [-0.4, -0.2) is 7.11 Å². The maximum atomic E-state index is 6.62. The number of methoxy groups -OCH3 is 1. The van der Waals surface area contributed by atoms with Crippen molar-refractivity contribution in [3.05, 3.63) is 76.3 Å². The van der Waals surface area contributed by atoms with Gasteiger partial charge in [-0.25, -0.2) is 0 Å². The monoisotopic (exact) mass is 360 g/mol. The zero-order chi connectivity index (χ0) is 14.8. The lowest BCUT2D eigenvalue weighted by molar-refractivity contribution is 0.415. The molecule has 0 radical (unpaired) electrons. The van der Waals surface area contributed by atoms with E-state index in [1.54, 1.807) is 7.11 Å². The summed E-state index contributed by atoms with van der Waals surface area (Å²) in [5, 5.41) is 2.15. The molecule has 0 aliphatic heterocycles. The van der Waals surface area contributed by atoms with Crippen LogP contribution in [0, 0.1) is 0 Å². The van der Waals surface area contributed by atoms with Crippen LogP contribution in [0.1, 0.15) is 16.5 Å². The molecule has 0 aliphatic rings. The van der Waals surface area contributed by atoms with E-state index in [1.165, 1.54) is 0 Å². The molecule has 3 rings (SSSR count). The number of fused-ring (bicyclic) bond motifs is 1. The largest absolute Gasteiger partial charge is 0.497 e. The van der Waals surface area contributed by atoms with E-state index in [1.807, 2.05) is 30.3 Å². The highest BCUT2D eigenvalue weighted by Crippen LogP contribution is 2.32. The van der Waals surface area contributed by atoms with E-state index in [-0.39, 0.29) is 5.38 Å². The average molecular weight is 362 g/mol. The van der Waals surface area contributed by atoms with Gasteiger partial charge < -0.3 is 4.74 Å². The maximum absolute atomic E-state index is 6.62. The summed E-state index contributed by atoms with van der Waals surface area (Å²) in [5.74, 6) is 0.865. The third-order valence-electron chi connectivity index (χ3n) is 3.51. The Morgan fingerprint density at radius 3 is 2.38 bits per heavy atom. The molecule has 0 aromatic heterocycles. The number of hydrogen-bond donors (Lipinski definition) is 0. The van der Waals surface area contributed by atoms with Gasteiger partial charge in [0, 0.05) is 4.47 Å². The van der Waals surface area contributed by atoms with Crippen LogP contribution in [0.3, 0.4) is 0 Å². The van der Waals surface area contributed by atoms with Gasteiger partial charge in [-0.1, -0.05) is 46.3 Å². The first-order valence-electron chi connectivity index (χ1n) is 6.64. The number of alkyl halides is 1. The predicted octanol–water partition coefficient (Wildman–Crippen LogP) is 5.94. The lowest BCUT2D eigenvalue weighted by Crippen LogP contribution is -1.93. The van der Waals surface area contributed by atoms with Gasteiger partial charge in [0.05, 0.1) is 12.5 Å². The number of halogens is 2. The topological polar surface area (TPSA) is 9.23 Å². The molecule has 0 N–H and O–H groups in total. The first-order valence-corrected chi connectivity index (χ1v) is 7.87. The second-order valence-corrected chi connectivity index (χ2v) is 6.24. The smallest absolute Gasteiger partial charge is 0.119 e. The molecule has 1 unspecified atom stereocenters. The van der Waals surface area contributed by atoms with Gasteiger partial charge in [0.15, 0.2) is 0 Å². The summed E-state index contributed by atoms with van der Waals surface area (Å²) >= 11 is 10.1. The molecule has 3 heteroatoms. The summed E-state index contributed by atoms with van der Waals surface area (Å²) in [6.07, 6.45) is 0. The third kappa shape index (κ3) is 3.07. The highest BCUT2D eigenvalue weighted by Gasteiger charge is 2.11.